The van der Waals surface area contributed by atoms with Crippen LogP contribution in [-0.4, -0.2) is 17.5 Å². The first-order valence-corrected chi connectivity index (χ1v) is 7.36. The molecule has 0 spiro atoms. The van der Waals surface area contributed by atoms with Crippen molar-refractivity contribution in [2.75, 3.05) is 7.11 Å². The summed E-state index contributed by atoms with van der Waals surface area (Å²) in [5.41, 5.74) is 1.05. The summed E-state index contributed by atoms with van der Waals surface area (Å²) in [5, 5.41) is 9.69. The summed E-state index contributed by atoms with van der Waals surface area (Å²) in [5.74, 6) is 1.82. The Balaban J connectivity index is 1.97. The third-order valence-corrected chi connectivity index (χ3v) is 4.56. The number of benzene rings is 2. The van der Waals surface area contributed by atoms with Gasteiger partial charge in [-0.05, 0) is 36.8 Å². The number of thioether (sulfide) groups is 1. The van der Waals surface area contributed by atoms with E-state index in [4.69, 9.17) is 9.47 Å². The normalized spacial score (nSPS) is 20.9. The molecule has 0 fully saturated rings. The standard InChI is InChI=1S/C16H16O3S/c1-10-15(11-6-8-12(17)9-7-11)19-16-13(18-2)4-3-5-14(16)20-10/h3-10,15,17H,1-2H3/t10-,15-/m1/s1. The predicted molar refractivity (Wildman–Crippen MR) is 79.8 cm³/mol. The van der Waals surface area contributed by atoms with Crippen LogP contribution in [0.25, 0.3) is 0 Å². The molecular formula is C16H16O3S. The second-order valence-electron chi connectivity index (χ2n) is 4.74. The Kier molecular flexibility index (Phi) is 3.49. The minimum Gasteiger partial charge on any atom is -0.508 e. The molecule has 2 aromatic rings. The van der Waals surface area contributed by atoms with Crippen LogP contribution in [0.5, 0.6) is 17.2 Å². The molecule has 0 unspecified atom stereocenters. The fraction of sp³-hybridized carbons (Fsp3) is 0.250. The molecular weight excluding hydrogens is 272 g/mol. The SMILES string of the molecule is COc1cccc2c1O[C@@H](c1ccc(O)cc1)[C@@H](C)S2. The molecule has 1 aliphatic heterocycles. The third-order valence-electron chi connectivity index (χ3n) is 3.37. The summed E-state index contributed by atoms with van der Waals surface area (Å²) in [6.07, 6.45) is -0.0515. The lowest BCUT2D eigenvalue weighted by atomic mass is 10.1. The number of methoxy groups -OCH3 is 1. The number of hydrogen-bond acceptors (Lipinski definition) is 4. The van der Waals surface area contributed by atoms with E-state index in [1.807, 2.05) is 30.3 Å². The molecule has 0 saturated heterocycles. The van der Waals surface area contributed by atoms with E-state index in [0.29, 0.717) is 5.25 Å². The van der Waals surface area contributed by atoms with Crippen LogP contribution in [0.15, 0.2) is 47.4 Å². The highest BCUT2D eigenvalue weighted by molar-refractivity contribution is 8.00. The predicted octanol–water partition coefficient (Wildman–Crippen LogP) is 4.02. The van der Waals surface area contributed by atoms with E-state index in [1.54, 1.807) is 31.0 Å². The second kappa shape index (κ2) is 5.29. The number of phenols is 1. The average molecular weight is 288 g/mol. The maximum atomic E-state index is 9.39. The first-order valence-electron chi connectivity index (χ1n) is 6.48. The summed E-state index contributed by atoms with van der Waals surface area (Å²) in [4.78, 5) is 1.10. The lowest BCUT2D eigenvalue weighted by molar-refractivity contribution is 0.186. The van der Waals surface area contributed by atoms with E-state index in [1.165, 1.54) is 0 Å². The topological polar surface area (TPSA) is 38.7 Å². The molecule has 2 atom stereocenters. The van der Waals surface area contributed by atoms with Gasteiger partial charge in [-0.25, -0.2) is 0 Å². The van der Waals surface area contributed by atoms with Gasteiger partial charge in [-0.15, -0.1) is 11.8 Å². The second-order valence-corrected chi connectivity index (χ2v) is 6.16. The highest BCUT2D eigenvalue weighted by atomic mass is 32.2. The molecule has 3 rings (SSSR count). The quantitative estimate of drug-likeness (QED) is 0.906. The number of phenolic OH excluding ortho intramolecular Hbond substituents is 1. The van der Waals surface area contributed by atoms with Crippen molar-refractivity contribution in [2.45, 2.75) is 23.2 Å². The molecule has 0 amide bonds. The van der Waals surface area contributed by atoms with Crippen molar-refractivity contribution >= 4 is 11.8 Å². The van der Waals surface area contributed by atoms with Gasteiger partial charge in [0.05, 0.1) is 12.0 Å². The van der Waals surface area contributed by atoms with Gasteiger partial charge in [-0.2, -0.15) is 0 Å². The molecule has 3 nitrogen and oxygen atoms in total. The number of fused-ring (bicyclic) bond motifs is 1. The molecule has 2 aromatic carbocycles. The first kappa shape index (κ1) is 13.2. The lowest BCUT2D eigenvalue weighted by Gasteiger charge is -2.32. The van der Waals surface area contributed by atoms with Crippen LogP contribution >= 0.6 is 11.8 Å². The van der Waals surface area contributed by atoms with Gasteiger partial charge in [-0.1, -0.05) is 18.2 Å². The monoisotopic (exact) mass is 288 g/mol. The fourth-order valence-electron chi connectivity index (χ4n) is 2.35. The molecule has 4 heteroatoms. The molecule has 0 radical (unpaired) electrons. The van der Waals surface area contributed by atoms with E-state index in [0.717, 1.165) is 22.0 Å². The number of rotatable bonds is 2. The van der Waals surface area contributed by atoms with Gasteiger partial charge >= 0.3 is 0 Å². The van der Waals surface area contributed by atoms with Crippen molar-refractivity contribution in [3.05, 3.63) is 48.0 Å². The Hall–Kier alpha value is -1.81. The van der Waals surface area contributed by atoms with E-state index >= 15 is 0 Å². The summed E-state index contributed by atoms with van der Waals surface area (Å²) >= 11 is 1.78. The molecule has 0 saturated carbocycles. The zero-order valence-corrected chi connectivity index (χ0v) is 12.2. The van der Waals surface area contributed by atoms with Crippen molar-refractivity contribution in [1.82, 2.24) is 0 Å². The Labute approximate surface area is 122 Å². The average Bonchev–Trinajstić information content (AvgIpc) is 2.47. The van der Waals surface area contributed by atoms with Gasteiger partial charge in [0.1, 0.15) is 11.9 Å². The zero-order valence-electron chi connectivity index (χ0n) is 11.4. The van der Waals surface area contributed by atoms with E-state index < -0.39 is 0 Å². The zero-order chi connectivity index (χ0) is 14.1. The van der Waals surface area contributed by atoms with Crippen molar-refractivity contribution < 1.29 is 14.6 Å². The minimum absolute atomic E-state index is 0.0515. The van der Waals surface area contributed by atoms with Crippen molar-refractivity contribution in [3.63, 3.8) is 0 Å². The molecule has 1 heterocycles. The van der Waals surface area contributed by atoms with Gasteiger partial charge in [0.25, 0.3) is 0 Å². The third kappa shape index (κ3) is 2.31. The van der Waals surface area contributed by atoms with Gasteiger partial charge in [0.15, 0.2) is 11.5 Å². The molecule has 104 valence electrons. The van der Waals surface area contributed by atoms with Crippen LogP contribution in [0.3, 0.4) is 0 Å². The van der Waals surface area contributed by atoms with Crippen LogP contribution in [0.2, 0.25) is 0 Å². The van der Waals surface area contributed by atoms with Crippen molar-refractivity contribution in [1.29, 1.82) is 0 Å². The van der Waals surface area contributed by atoms with Gasteiger partial charge in [0.2, 0.25) is 0 Å². The molecule has 20 heavy (non-hydrogen) atoms. The van der Waals surface area contributed by atoms with Crippen LogP contribution in [0.4, 0.5) is 0 Å². The Morgan fingerprint density at radius 3 is 2.60 bits per heavy atom. The summed E-state index contributed by atoms with van der Waals surface area (Å²) in [7, 11) is 1.65. The van der Waals surface area contributed by atoms with Gasteiger partial charge < -0.3 is 14.6 Å². The van der Waals surface area contributed by atoms with Crippen LogP contribution in [0, 0.1) is 0 Å². The van der Waals surface area contributed by atoms with E-state index in [2.05, 4.69) is 6.92 Å². The molecule has 0 aromatic heterocycles. The first-order chi connectivity index (χ1) is 9.69. The maximum Gasteiger partial charge on any atom is 0.175 e. The van der Waals surface area contributed by atoms with Crippen LogP contribution < -0.4 is 9.47 Å². The van der Waals surface area contributed by atoms with E-state index in [-0.39, 0.29) is 11.9 Å². The molecule has 1 N–H and O–H groups in total. The highest BCUT2D eigenvalue weighted by Crippen LogP contribution is 2.49. The minimum atomic E-state index is -0.0515. The van der Waals surface area contributed by atoms with Gasteiger partial charge in [-0.3, -0.25) is 0 Å². The smallest absolute Gasteiger partial charge is 0.175 e. The van der Waals surface area contributed by atoms with E-state index in [9.17, 15) is 5.11 Å². The summed E-state index contributed by atoms with van der Waals surface area (Å²) in [6.45, 7) is 2.14. The summed E-state index contributed by atoms with van der Waals surface area (Å²) in [6, 6.07) is 13.1. The highest BCUT2D eigenvalue weighted by Gasteiger charge is 2.30. The number of para-hydroxylation sites is 1. The number of hydrogen-bond donors (Lipinski definition) is 1. The number of ether oxygens (including phenoxy) is 2. The molecule has 0 aliphatic carbocycles. The van der Waals surface area contributed by atoms with Crippen LogP contribution in [-0.2, 0) is 0 Å². The Morgan fingerprint density at radius 1 is 1.15 bits per heavy atom. The van der Waals surface area contributed by atoms with Crippen molar-refractivity contribution in [3.8, 4) is 17.2 Å². The van der Waals surface area contributed by atoms with Gasteiger partial charge in [0, 0.05) is 5.25 Å². The number of aromatic hydroxyl groups is 1. The maximum absolute atomic E-state index is 9.39. The largest absolute Gasteiger partial charge is 0.508 e. The van der Waals surface area contributed by atoms with Crippen LogP contribution in [0.1, 0.15) is 18.6 Å². The molecule has 1 aliphatic rings. The lowest BCUT2D eigenvalue weighted by Crippen LogP contribution is -2.22. The Bertz CT molecular complexity index is 610. The molecule has 0 bridgehead atoms. The fourth-order valence-corrected chi connectivity index (χ4v) is 3.50. The Morgan fingerprint density at radius 2 is 1.90 bits per heavy atom. The summed E-state index contributed by atoms with van der Waals surface area (Å²) < 4.78 is 11.5. The van der Waals surface area contributed by atoms with Crippen molar-refractivity contribution in [2.24, 2.45) is 0 Å².